The van der Waals surface area contributed by atoms with Crippen LogP contribution in [0.1, 0.15) is 11.4 Å². The fourth-order valence-electron chi connectivity index (χ4n) is 6.19. The number of hydrogen-bond donors (Lipinski definition) is 0. The highest BCUT2D eigenvalue weighted by molar-refractivity contribution is 6.25. The first-order valence-corrected chi connectivity index (χ1v) is 13.3. The first-order chi connectivity index (χ1) is 19.3. The second kappa shape index (κ2) is 8.41. The fourth-order valence-corrected chi connectivity index (χ4v) is 6.19. The average molecular weight is 498 g/mol. The molecule has 1 aromatic heterocycles. The van der Waals surface area contributed by atoms with Crippen molar-refractivity contribution < 1.29 is 0 Å². The van der Waals surface area contributed by atoms with Gasteiger partial charge in [0, 0.05) is 17.7 Å². The van der Waals surface area contributed by atoms with Gasteiger partial charge in [-0.05, 0) is 61.7 Å². The molecule has 0 N–H and O–H groups in total. The third-order valence-corrected chi connectivity index (χ3v) is 8.05. The lowest BCUT2D eigenvalue weighted by Gasteiger charge is -2.16. The Balaban J connectivity index is 1.29. The lowest BCUT2D eigenvalue weighted by Crippen LogP contribution is -2.07. The van der Waals surface area contributed by atoms with Gasteiger partial charge in [-0.2, -0.15) is 5.26 Å². The number of hydrogen-bond acceptors (Lipinski definition) is 2. The number of benzene rings is 6. The van der Waals surface area contributed by atoms with Gasteiger partial charge in [-0.1, -0.05) is 103 Å². The van der Waals surface area contributed by atoms with Crippen molar-refractivity contribution in [2.24, 2.45) is 5.92 Å². The van der Waals surface area contributed by atoms with Crippen molar-refractivity contribution in [3.8, 4) is 34.3 Å². The lowest BCUT2D eigenvalue weighted by molar-refractivity contribution is 0.788. The molecule has 0 bridgehead atoms. The molecule has 6 aromatic carbocycles. The molecule has 3 heteroatoms. The van der Waals surface area contributed by atoms with Gasteiger partial charge in [-0.25, -0.2) is 4.98 Å². The zero-order valence-electron chi connectivity index (χ0n) is 21.2. The summed E-state index contributed by atoms with van der Waals surface area (Å²) in [6.45, 7) is 0. The van der Waals surface area contributed by atoms with Crippen molar-refractivity contribution in [1.82, 2.24) is 9.55 Å². The van der Waals surface area contributed by atoms with Gasteiger partial charge in [-0.3, -0.25) is 4.57 Å². The van der Waals surface area contributed by atoms with Gasteiger partial charge in [0.2, 0.25) is 0 Å². The van der Waals surface area contributed by atoms with Crippen molar-refractivity contribution in [3.05, 3.63) is 127 Å². The van der Waals surface area contributed by atoms with Crippen molar-refractivity contribution in [2.45, 2.75) is 6.42 Å². The second-order valence-electron chi connectivity index (χ2n) is 10.3. The van der Waals surface area contributed by atoms with E-state index in [1.807, 2.05) is 24.3 Å². The normalized spacial score (nSPS) is 14.7. The maximum Gasteiger partial charge on any atom is 0.145 e. The third-order valence-electron chi connectivity index (χ3n) is 8.05. The number of rotatable bonds is 3. The van der Waals surface area contributed by atoms with E-state index in [0.717, 1.165) is 28.5 Å². The summed E-state index contributed by atoms with van der Waals surface area (Å²) in [5.41, 5.74) is 6.57. The molecule has 0 aliphatic heterocycles. The zero-order chi connectivity index (χ0) is 25.9. The summed E-state index contributed by atoms with van der Waals surface area (Å²) in [4.78, 5) is 5.02. The molecule has 0 saturated carbocycles. The van der Waals surface area contributed by atoms with E-state index >= 15 is 0 Å². The van der Waals surface area contributed by atoms with Crippen LogP contribution in [-0.2, 0) is 6.42 Å². The SMILES string of the molecule is N#CC1C=Cc2c(nc(-c3ccccc3)n2-c2ccc(-c3ccc4ccc5cccc6ccc3c4c56)cc2)C1. The van der Waals surface area contributed by atoms with E-state index in [2.05, 4.69) is 108 Å². The smallest absolute Gasteiger partial charge is 0.145 e. The van der Waals surface area contributed by atoms with Crippen LogP contribution in [0, 0.1) is 17.2 Å². The van der Waals surface area contributed by atoms with E-state index in [1.54, 1.807) is 0 Å². The fraction of sp³-hybridized carbons (Fsp3) is 0.0556. The summed E-state index contributed by atoms with van der Waals surface area (Å²) in [7, 11) is 0. The van der Waals surface area contributed by atoms with E-state index < -0.39 is 0 Å². The number of imidazole rings is 1. The Morgan fingerprint density at radius 3 is 2.18 bits per heavy atom. The van der Waals surface area contributed by atoms with Gasteiger partial charge in [0.05, 0.1) is 23.4 Å². The van der Waals surface area contributed by atoms with E-state index in [0.29, 0.717) is 6.42 Å². The van der Waals surface area contributed by atoms with Crippen LogP contribution >= 0.6 is 0 Å². The largest absolute Gasteiger partial charge is 0.293 e. The Morgan fingerprint density at radius 1 is 0.692 bits per heavy atom. The van der Waals surface area contributed by atoms with Gasteiger partial charge < -0.3 is 0 Å². The minimum absolute atomic E-state index is 0.138. The summed E-state index contributed by atoms with van der Waals surface area (Å²) in [5.74, 6) is 0.765. The van der Waals surface area contributed by atoms with Crippen LogP contribution in [0.2, 0.25) is 0 Å². The number of allylic oxidation sites excluding steroid dienone is 1. The van der Waals surface area contributed by atoms with Crippen molar-refractivity contribution in [3.63, 3.8) is 0 Å². The summed E-state index contributed by atoms with van der Waals surface area (Å²) < 4.78 is 2.22. The third kappa shape index (κ3) is 3.32. The lowest BCUT2D eigenvalue weighted by atomic mass is 9.90. The molecule has 1 unspecified atom stereocenters. The molecular weight excluding hydrogens is 474 g/mol. The number of nitriles is 1. The Labute approximate surface area is 226 Å². The first kappa shape index (κ1) is 21.8. The van der Waals surface area contributed by atoms with E-state index in [-0.39, 0.29) is 5.92 Å². The Hall–Kier alpha value is -5.20. The van der Waals surface area contributed by atoms with Crippen LogP contribution in [0.25, 0.3) is 66.6 Å². The molecular formula is C36H23N3. The Morgan fingerprint density at radius 2 is 1.41 bits per heavy atom. The standard InChI is InChI=1S/C36H23N3/c37-22-23-9-20-33-32(21-23)38-36(28-5-2-1-3-6-28)39(33)29-16-12-24(13-17-29)30-18-14-27-11-10-25-7-4-8-26-15-19-31(30)35(27)34(25)26/h1-20,23H,21H2. The van der Waals surface area contributed by atoms with E-state index in [4.69, 9.17) is 4.98 Å². The van der Waals surface area contributed by atoms with Crippen LogP contribution in [0.4, 0.5) is 0 Å². The molecule has 0 fully saturated rings. The highest BCUT2D eigenvalue weighted by atomic mass is 15.1. The van der Waals surface area contributed by atoms with E-state index in [1.165, 1.54) is 43.4 Å². The minimum atomic E-state index is -0.138. The average Bonchev–Trinajstić information content (AvgIpc) is 3.39. The van der Waals surface area contributed by atoms with Crippen LogP contribution < -0.4 is 0 Å². The molecule has 1 aliphatic carbocycles. The highest BCUT2D eigenvalue weighted by Crippen LogP contribution is 2.40. The molecule has 0 spiro atoms. The van der Waals surface area contributed by atoms with Gasteiger partial charge in [0.15, 0.2) is 0 Å². The predicted molar refractivity (Wildman–Crippen MR) is 160 cm³/mol. The molecule has 7 aromatic rings. The summed E-state index contributed by atoms with van der Waals surface area (Å²) in [6, 6.07) is 41.5. The summed E-state index contributed by atoms with van der Waals surface area (Å²) >= 11 is 0. The van der Waals surface area contributed by atoms with Gasteiger partial charge in [0.1, 0.15) is 5.82 Å². The molecule has 0 amide bonds. The molecule has 8 rings (SSSR count). The summed E-state index contributed by atoms with van der Waals surface area (Å²) in [6.07, 6.45) is 4.69. The molecule has 39 heavy (non-hydrogen) atoms. The second-order valence-corrected chi connectivity index (χ2v) is 10.3. The zero-order valence-corrected chi connectivity index (χ0v) is 21.2. The van der Waals surface area contributed by atoms with Gasteiger partial charge in [0.25, 0.3) is 0 Å². The molecule has 3 nitrogen and oxygen atoms in total. The molecule has 0 radical (unpaired) electrons. The van der Waals surface area contributed by atoms with Crippen LogP contribution in [0.15, 0.2) is 115 Å². The Bertz CT molecular complexity index is 2070. The van der Waals surface area contributed by atoms with Crippen molar-refractivity contribution >= 4 is 38.4 Å². The molecule has 1 heterocycles. The maximum absolute atomic E-state index is 9.50. The highest BCUT2D eigenvalue weighted by Gasteiger charge is 2.23. The van der Waals surface area contributed by atoms with Crippen molar-refractivity contribution in [2.75, 3.05) is 0 Å². The monoisotopic (exact) mass is 497 g/mol. The van der Waals surface area contributed by atoms with Gasteiger partial charge in [-0.15, -0.1) is 0 Å². The van der Waals surface area contributed by atoms with Gasteiger partial charge >= 0.3 is 0 Å². The first-order valence-electron chi connectivity index (χ1n) is 13.3. The minimum Gasteiger partial charge on any atom is -0.293 e. The molecule has 1 atom stereocenters. The molecule has 182 valence electrons. The topological polar surface area (TPSA) is 41.6 Å². The van der Waals surface area contributed by atoms with E-state index in [9.17, 15) is 5.26 Å². The number of aromatic nitrogens is 2. The molecule has 0 saturated heterocycles. The maximum atomic E-state index is 9.50. The Kier molecular flexibility index (Phi) is 4.71. The number of nitrogens with zero attached hydrogens (tertiary/aromatic N) is 3. The molecule has 1 aliphatic rings. The number of fused-ring (bicyclic) bond motifs is 1. The van der Waals surface area contributed by atoms with Crippen LogP contribution in [-0.4, -0.2) is 9.55 Å². The quantitative estimate of drug-likeness (QED) is 0.229. The van der Waals surface area contributed by atoms with Crippen LogP contribution in [0.5, 0.6) is 0 Å². The van der Waals surface area contributed by atoms with Crippen LogP contribution in [0.3, 0.4) is 0 Å². The summed E-state index contributed by atoms with van der Waals surface area (Å²) in [5, 5.41) is 17.3. The van der Waals surface area contributed by atoms with Crippen molar-refractivity contribution in [1.29, 1.82) is 5.26 Å². The predicted octanol–water partition coefficient (Wildman–Crippen LogP) is 8.81.